The van der Waals surface area contributed by atoms with Crippen LogP contribution in [0.2, 0.25) is 0 Å². The van der Waals surface area contributed by atoms with E-state index in [0.29, 0.717) is 12.6 Å². The second-order valence-corrected chi connectivity index (χ2v) is 6.16. The van der Waals surface area contributed by atoms with E-state index in [9.17, 15) is 4.79 Å². The van der Waals surface area contributed by atoms with Crippen molar-refractivity contribution in [3.05, 3.63) is 40.8 Å². The smallest absolute Gasteiger partial charge is 0.269 e. The molecular formula is C17H23N3O. The SMILES string of the molecule is CC1CCCC(NCCn2c(=O)cnc3ccccc32)C1. The second-order valence-electron chi connectivity index (χ2n) is 6.16. The van der Waals surface area contributed by atoms with Crippen molar-refractivity contribution < 1.29 is 0 Å². The van der Waals surface area contributed by atoms with Crippen molar-refractivity contribution in [3.8, 4) is 0 Å². The van der Waals surface area contributed by atoms with Gasteiger partial charge in [-0.3, -0.25) is 4.79 Å². The number of hydrogen-bond donors (Lipinski definition) is 1. The van der Waals surface area contributed by atoms with E-state index in [1.54, 1.807) is 0 Å². The average Bonchev–Trinajstić information content (AvgIpc) is 2.50. The summed E-state index contributed by atoms with van der Waals surface area (Å²) in [5.41, 5.74) is 1.78. The van der Waals surface area contributed by atoms with Gasteiger partial charge in [-0.1, -0.05) is 31.9 Å². The van der Waals surface area contributed by atoms with Crippen LogP contribution in [0.4, 0.5) is 0 Å². The van der Waals surface area contributed by atoms with E-state index in [-0.39, 0.29) is 5.56 Å². The molecule has 1 heterocycles. The van der Waals surface area contributed by atoms with Gasteiger partial charge in [0.2, 0.25) is 0 Å². The van der Waals surface area contributed by atoms with E-state index >= 15 is 0 Å². The third-order valence-corrected chi connectivity index (χ3v) is 4.46. The fraction of sp³-hybridized carbons (Fsp3) is 0.529. The van der Waals surface area contributed by atoms with Crippen LogP contribution in [0, 0.1) is 5.92 Å². The topological polar surface area (TPSA) is 46.9 Å². The predicted octanol–water partition coefficient (Wildman–Crippen LogP) is 2.56. The Morgan fingerprint density at radius 2 is 2.19 bits per heavy atom. The van der Waals surface area contributed by atoms with E-state index in [2.05, 4.69) is 17.2 Å². The van der Waals surface area contributed by atoms with E-state index in [0.717, 1.165) is 23.5 Å². The lowest BCUT2D eigenvalue weighted by atomic mass is 9.87. The first-order valence-electron chi connectivity index (χ1n) is 7.92. The normalized spacial score (nSPS) is 22.5. The van der Waals surface area contributed by atoms with Gasteiger partial charge in [0.15, 0.2) is 0 Å². The molecule has 0 spiro atoms. The molecule has 4 nitrogen and oxygen atoms in total. The Morgan fingerprint density at radius 1 is 1.33 bits per heavy atom. The summed E-state index contributed by atoms with van der Waals surface area (Å²) >= 11 is 0. The molecule has 1 aliphatic carbocycles. The van der Waals surface area contributed by atoms with E-state index < -0.39 is 0 Å². The average molecular weight is 285 g/mol. The number of benzene rings is 1. The molecule has 1 N–H and O–H groups in total. The standard InChI is InChI=1S/C17H23N3O/c1-13-5-4-6-14(11-13)18-9-10-20-16-8-3-2-7-15(16)19-12-17(20)21/h2-3,7-8,12-14,18H,4-6,9-11H2,1H3. The number of para-hydroxylation sites is 2. The van der Waals surface area contributed by atoms with Gasteiger partial charge in [-0.15, -0.1) is 0 Å². The Balaban J connectivity index is 1.68. The van der Waals surface area contributed by atoms with Crippen LogP contribution in [0.15, 0.2) is 35.3 Å². The highest BCUT2D eigenvalue weighted by Crippen LogP contribution is 2.23. The number of nitrogens with one attached hydrogen (secondary N) is 1. The van der Waals surface area contributed by atoms with Gasteiger partial charge in [0.25, 0.3) is 5.56 Å². The molecule has 0 amide bonds. The van der Waals surface area contributed by atoms with Gasteiger partial charge >= 0.3 is 0 Å². The maximum Gasteiger partial charge on any atom is 0.269 e. The molecule has 21 heavy (non-hydrogen) atoms. The quantitative estimate of drug-likeness (QED) is 0.939. The second kappa shape index (κ2) is 6.39. The molecule has 2 unspecified atom stereocenters. The summed E-state index contributed by atoms with van der Waals surface area (Å²) in [5.74, 6) is 0.820. The molecule has 2 atom stereocenters. The first-order chi connectivity index (χ1) is 10.2. The highest BCUT2D eigenvalue weighted by Gasteiger charge is 2.17. The lowest BCUT2D eigenvalue weighted by Gasteiger charge is -2.27. The molecule has 1 aromatic carbocycles. The lowest BCUT2D eigenvalue weighted by molar-refractivity contribution is 0.299. The summed E-state index contributed by atoms with van der Waals surface area (Å²) < 4.78 is 1.82. The van der Waals surface area contributed by atoms with Crippen molar-refractivity contribution >= 4 is 11.0 Å². The Hall–Kier alpha value is -1.68. The van der Waals surface area contributed by atoms with E-state index in [1.807, 2.05) is 28.8 Å². The van der Waals surface area contributed by atoms with Crippen LogP contribution in [0.25, 0.3) is 11.0 Å². The van der Waals surface area contributed by atoms with Gasteiger partial charge in [0.05, 0.1) is 17.2 Å². The van der Waals surface area contributed by atoms with E-state index in [1.165, 1.54) is 31.9 Å². The first kappa shape index (κ1) is 14.3. The molecule has 3 rings (SSSR count). The summed E-state index contributed by atoms with van der Waals surface area (Å²) in [6.45, 7) is 3.87. The minimum absolute atomic E-state index is 0.0208. The summed E-state index contributed by atoms with van der Waals surface area (Å²) in [7, 11) is 0. The molecule has 1 saturated carbocycles. The van der Waals surface area contributed by atoms with Crippen molar-refractivity contribution in [2.45, 2.75) is 45.2 Å². The van der Waals surface area contributed by atoms with Crippen molar-refractivity contribution in [1.82, 2.24) is 14.9 Å². The number of hydrogen-bond acceptors (Lipinski definition) is 3. The molecule has 0 saturated heterocycles. The zero-order chi connectivity index (χ0) is 14.7. The largest absolute Gasteiger partial charge is 0.312 e. The van der Waals surface area contributed by atoms with Gasteiger partial charge in [-0.25, -0.2) is 4.98 Å². The zero-order valence-corrected chi connectivity index (χ0v) is 12.6. The minimum atomic E-state index is -0.0208. The predicted molar refractivity (Wildman–Crippen MR) is 85.4 cm³/mol. The fourth-order valence-corrected chi connectivity index (χ4v) is 3.35. The summed E-state index contributed by atoms with van der Waals surface area (Å²) in [5, 5.41) is 3.61. The number of fused-ring (bicyclic) bond motifs is 1. The third-order valence-electron chi connectivity index (χ3n) is 4.46. The molecule has 2 aromatic rings. The molecule has 0 bridgehead atoms. The van der Waals surface area contributed by atoms with Crippen molar-refractivity contribution in [2.75, 3.05) is 6.54 Å². The Labute approximate surface area is 125 Å². The van der Waals surface area contributed by atoms with Crippen LogP contribution in [0.5, 0.6) is 0 Å². The zero-order valence-electron chi connectivity index (χ0n) is 12.6. The van der Waals surface area contributed by atoms with E-state index in [4.69, 9.17) is 0 Å². The number of aromatic nitrogens is 2. The van der Waals surface area contributed by atoms with Gasteiger partial charge < -0.3 is 9.88 Å². The number of nitrogens with zero attached hydrogens (tertiary/aromatic N) is 2. The van der Waals surface area contributed by atoms with Crippen LogP contribution in [-0.2, 0) is 6.54 Å². The Kier molecular flexibility index (Phi) is 4.34. The van der Waals surface area contributed by atoms with Gasteiger partial charge in [0.1, 0.15) is 0 Å². The molecule has 4 heteroatoms. The molecule has 0 radical (unpaired) electrons. The van der Waals surface area contributed by atoms with Gasteiger partial charge in [-0.2, -0.15) is 0 Å². The van der Waals surface area contributed by atoms with Gasteiger partial charge in [0, 0.05) is 19.1 Å². The monoisotopic (exact) mass is 285 g/mol. The molecule has 0 aliphatic heterocycles. The minimum Gasteiger partial charge on any atom is -0.312 e. The van der Waals surface area contributed by atoms with Crippen molar-refractivity contribution in [2.24, 2.45) is 5.92 Å². The third kappa shape index (κ3) is 3.32. The van der Waals surface area contributed by atoms with Crippen LogP contribution >= 0.6 is 0 Å². The fourth-order valence-electron chi connectivity index (χ4n) is 3.35. The molecular weight excluding hydrogens is 262 g/mol. The maximum atomic E-state index is 12.0. The molecule has 1 fully saturated rings. The summed E-state index contributed by atoms with van der Waals surface area (Å²) in [6, 6.07) is 8.42. The number of rotatable bonds is 4. The van der Waals surface area contributed by atoms with Crippen molar-refractivity contribution in [3.63, 3.8) is 0 Å². The molecule has 112 valence electrons. The lowest BCUT2D eigenvalue weighted by Crippen LogP contribution is -2.37. The van der Waals surface area contributed by atoms with Crippen LogP contribution in [-0.4, -0.2) is 22.1 Å². The highest BCUT2D eigenvalue weighted by molar-refractivity contribution is 5.74. The maximum absolute atomic E-state index is 12.0. The van der Waals surface area contributed by atoms with Crippen LogP contribution in [0.3, 0.4) is 0 Å². The Bertz CT molecular complexity index is 664. The summed E-state index contributed by atoms with van der Waals surface area (Å²) in [6.07, 6.45) is 6.61. The van der Waals surface area contributed by atoms with Crippen LogP contribution in [0.1, 0.15) is 32.6 Å². The van der Waals surface area contributed by atoms with Crippen LogP contribution < -0.4 is 10.9 Å². The van der Waals surface area contributed by atoms with Crippen molar-refractivity contribution in [1.29, 1.82) is 0 Å². The molecule has 1 aromatic heterocycles. The highest BCUT2D eigenvalue weighted by atomic mass is 16.1. The molecule has 1 aliphatic rings. The first-order valence-corrected chi connectivity index (χ1v) is 7.92. The Morgan fingerprint density at radius 3 is 3.05 bits per heavy atom. The van der Waals surface area contributed by atoms with Gasteiger partial charge in [-0.05, 0) is 30.9 Å². The summed E-state index contributed by atoms with van der Waals surface area (Å²) in [4.78, 5) is 16.2.